The number of aryl methyl sites for hydroxylation is 1. The van der Waals surface area contributed by atoms with E-state index in [0.29, 0.717) is 49.1 Å². The van der Waals surface area contributed by atoms with E-state index in [1.807, 2.05) is 6.07 Å². The molecule has 2 aliphatic heterocycles. The molecule has 0 radical (unpaired) electrons. The van der Waals surface area contributed by atoms with Gasteiger partial charge in [0.2, 0.25) is 17.8 Å². The predicted molar refractivity (Wildman–Crippen MR) is 122 cm³/mol. The van der Waals surface area contributed by atoms with Crippen LogP contribution in [0.25, 0.3) is 0 Å². The molecule has 3 aliphatic rings. The van der Waals surface area contributed by atoms with Crippen molar-refractivity contribution in [3.8, 4) is 5.88 Å². The first kappa shape index (κ1) is 21.9. The van der Waals surface area contributed by atoms with Crippen LogP contribution in [-0.2, 0) is 6.54 Å². The Labute approximate surface area is 199 Å². The molecule has 6 rings (SSSR count). The molecular formula is C23H25F3N8O. The van der Waals surface area contributed by atoms with Crippen LogP contribution < -0.4 is 19.9 Å². The Hall–Kier alpha value is -3.57. The maximum absolute atomic E-state index is 14.5. The van der Waals surface area contributed by atoms with Crippen molar-refractivity contribution in [3.05, 3.63) is 41.8 Å². The summed E-state index contributed by atoms with van der Waals surface area (Å²) in [5.74, 6) is -1.74. The smallest absolute Gasteiger partial charge is 0.244 e. The highest BCUT2D eigenvalue weighted by atomic mass is 19.2. The van der Waals surface area contributed by atoms with Crippen LogP contribution in [-0.4, -0.2) is 57.7 Å². The molecule has 184 valence electrons. The second-order valence-electron chi connectivity index (χ2n) is 9.29. The van der Waals surface area contributed by atoms with Gasteiger partial charge in [-0.25, -0.2) is 17.9 Å². The Balaban J connectivity index is 1.21. The van der Waals surface area contributed by atoms with Crippen molar-refractivity contribution < 1.29 is 17.9 Å². The summed E-state index contributed by atoms with van der Waals surface area (Å²) in [7, 11) is 1.58. The standard InChI is InChI=1S/C23H25F3N8O/c1-35-18-9-15(10-27-30-18)32-11-13-3-4-14(12-32)21(13)28-22-29-23-33(7-2-8-34(23)31-22)17-6-5-16(24)19(25)20(17)26/h5-6,9-10,13-14,21H,2-4,7-8,11-12H2,1H3,(H,28,31)/t13-,14+,21?. The highest BCUT2D eigenvalue weighted by Gasteiger charge is 2.43. The molecule has 2 aromatic heterocycles. The number of anilines is 4. The van der Waals surface area contributed by atoms with Gasteiger partial charge < -0.3 is 19.9 Å². The minimum absolute atomic E-state index is 0.0430. The second-order valence-corrected chi connectivity index (χ2v) is 9.29. The third-order valence-electron chi connectivity index (χ3n) is 7.27. The number of piperidine rings is 1. The zero-order valence-electron chi connectivity index (χ0n) is 19.2. The fourth-order valence-corrected chi connectivity index (χ4v) is 5.60. The van der Waals surface area contributed by atoms with Gasteiger partial charge in [-0.2, -0.15) is 10.1 Å². The van der Waals surface area contributed by atoms with E-state index in [2.05, 4.69) is 30.5 Å². The number of benzene rings is 1. The number of methoxy groups -OCH3 is 1. The zero-order chi connectivity index (χ0) is 24.1. The Morgan fingerprint density at radius 2 is 1.86 bits per heavy atom. The Morgan fingerprint density at radius 3 is 2.63 bits per heavy atom. The fraction of sp³-hybridized carbons (Fsp3) is 0.478. The average Bonchev–Trinajstić information content (AvgIpc) is 3.38. The summed E-state index contributed by atoms with van der Waals surface area (Å²) in [5, 5.41) is 16.1. The summed E-state index contributed by atoms with van der Waals surface area (Å²) in [6.07, 6.45) is 4.62. The molecule has 0 amide bonds. The SMILES string of the molecule is COc1cc(N2C[C@H]3CC[C@@H](C2)C3Nc2nc3n(n2)CCCN3c2ccc(F)c(F)c2F)cnn1. The van der Waals surface area contributed by atoms with Gasteiger partial charge >= 0.3 is 0 Å². The van der Waals surface area contributed by atoms with Crippen molar-refractivity contribution in [2.75, 3.05) is 41.9 Å². The summed E-state index contributed by atoms with van der Waals surface area (Å²) in [6, 6.07) is 4.28. The molecule has 2 bridgehead atoms. The van der Waals surface area contributed by atoms with Gasteiger partial charge in [-0.15, -0.1) is 10.2 Å². The highest BCUT2D eigenvalue weighted by molar-refractivity contribution is 5.60. The summed E-state index contributed by atoms with van der Waals surface area (Å²) in [6.45, 7) is 2.78. The van der Waals surface area contributed by atoms with Gasteiger partial charge in [-0.1, -0.05) is 0 Å². The highest BCUT2D eigenvalue weighted by Crippen LogP contribution is 2.40. The van der Waals surface area contributed by atoms with Crippen LogP contribution in [0.1, 0.15) is 19.3 Å². The van der Waals surface area contributed by atoms with E-state index < -0.39 is 17.5 Å². The molecule has 3 aromatic rings. The molecule has 2 fully saturated rings. The molecular weight excluding hydrogens is 461 g/mol. The lowest BCUT2D eigenvalue weighted by Gasteiger charge is -2.39. The van der Waals surface area contributed by atoms with Crippen molar-refractivity contribution >= 4 is 23.3 Å². The summed E-state index contributed by atoms with van der Waals surface area (Å²) in [5.41, 5.74) is 0.950. The molecule has 12 heteroatoms. The summed E-state index contributed by atoms with van der Waals surface area (Å²) < 4.78 is 48.7. The van der Waals surface area contributed by atoms with E-state index >= 15 is 0 Å². The number of fused-ring (bicyclic) bond motifs is 3. The topological polar surface area (TPSA) is 84.2 Å². The van der Waals surface area contributed by atoms with Crippen LogP contribution in [0, 0.1) is 29.3 Å². The van der Waals surface area contributed by atoms with Crippen molar-refractivity contribution in [2.45, 2.75) is 31.8 Å². The molecule has 1 aliphatic carbocycles. The maximum atomic E-state index is 14.5. The third-order valence-corrected chi connectivity index (χ3v) is 7.27. The van der Waals surface area contributed by atoms with Crippen LogP contribution in [0.5, 0.6) is 5.88 Å². The summed E-state index contributed by atoms with van der Waals surface area (Å²) in [4.78, 5) is 8.50. The molecule has 0 spiro atoms. The van der Waals surface area contributed by atoms with E-state index in [1.54, 1.807) is 22.9 Å². The maximum Gasteiger partial charge on any atom is 0.244 e. The predicted octanol–water partition coefficient (Wildman–Crippen LogP) is 3.36. The van der Waals surface area contributed by atoms with Crippen LogP contribution in [0.4, 0.5) is 36.4 Å². The quantitative estimate of drug-likeness (QED) is 0.550. The molecule has 35 heavy (non-hydrogen) atoms. The zero-order valence-corrected chi connectivity index (χ0v) is 19.2. The Kier molecular flexibility index (Phi) is 5.37. The van der Waals surface area contributed by atoms with Gasteiger partial charge in [0.15, 0.2) is 17.5 Å². The number of nitrogens with zero attached hydrogens (tertiary/aromatic N) is 7. The molecule has 1 aromatic carbocycles. The van der Waals surface area contributed by atoms with E-state index in [-0.39, 0.29) is 11.7 Å². The first-order chi connectivity index (χ1) is 17.0. The lowest BCUT2D eigenvalue weighted by atomic mass is 9.92. The number of hydrogen-bond acceptors (Lipinski definition) is 8. The van der Waals surface area contributed by atoms with Crippen LogP contribution in [0.3, 0.4) is 0 Å². The van der Waals surface area contributed by atoms with Crippen LogP contribution in [0.2, 0.25) is 0 Å². The normalized spacial score (nSPS) is 23.4. The van der Waals surface area contributed by atoms with Crippen LogP contribution >= 0.6 is 0 Å². The number of rotatable bonds is 5. The van der Waals surface area contributed by atoms with Gasteiger partial charge in [0.1, 0.15) is 0 Å². The minimum atomic E-state index is -1.48. The number of nitrogens with one attached hydrogen (secondary N) is 1. The number of ether oxygens (including phenoxy) is 1. The molecule has 4 heterocycles. The van der Waals surface area contributed by atoms with Crippen molar-refractivity contribution in [1.29, 1.82) is 0 Å². The van der Waals surface area contributed by atoms with Gasteiger partial charge in [0.05, 0.1) is 24.7 Å². The molecule has 1 saturated heterocycles. The Morgan fingerprint density at radius 1 is 1.06 bits per heavy atom. The number of hydrogen-bond donors (Lipinski definition) is 1. The largest absolute Gasteiger partial charge is 0.480 e. The van der Waals surface area contributed by atoms with Gasteiger partial charge in [0, 0.05) is 38.3 Å². The third kappa shape index (κ3) is 3.80. The molecule has 1 N–H and O–H groups in total. The van der Waals surface area contributed by atoms with Crippen molar-refractivity contribution in [2.24, 2.45) is 11.8 Å². The van der Waals surface area contributed by atoms with Crippen molar-refractivity contribution in [3.63, 3.8) is 0 Å². The molecule has 3 atom stereocenters. The van der Waals surface area contributed by atoms with E-state index in [4.69, 9.17) is 4.74 Å². The van der Waals surface area contributed by atoms with Crippen LogP contribution in [0.15, 0.2) is 24.4 Å². The fourth-order valence-electron chi connectivity index (χ4n) is 5.60. The number of aromatic nitrogens is 5. The van der Waals surface area contributed by atoms with Gasteiger partial charge in [-0.3, -0.25) is 0 Å². The summed E-state index contributed by atoms with van der Waals surface area (Å²) >= 11 is 0. The van der Waals surface area contributed by atoms with E-state index in [0.717, 1.165) is 37.7 Å². The molecule has 1 unspecified atom stereocenters. The van der Waals surface area contributed by atoms with Crippen molar-refractivity contribution in [1.82, 2.24) is 25.0 Å². The first-order valence-electron chi connectivity index (χ1n) is 11.8. The first-order valence-corrected chi connectivity index (χ1v) is 11.8. The monoisotopic (exact) mass is 486 g/mol. The Bertz CT molecular complexity index is 1240. The minimum Gasteiger partial charge on any atom is -0.480 e. The number of halogens is 3. The molecule has 9 nitrogen and oxygen atoms in total. The second kappa shape index (κ2) is 8.58. The van der Waals surface area contributed by atoms with E-state index in [9.17, 15) is 13.2 Å². The lowest BCUT2D eigenvalue weighted by Crippen LogP contribution is -2.48. The lowest BCUT2D eigenvalue weighted by molar-refractivity contribution is 0.372. The average molecular weight is 487 g/mol. The van der Waals surface area contributed by atoms with Gasteiger partial charge in [-0.05, 0) is 43.2 Å². The molecule has 1 saturated carbocycles. The van der Waals surface area contributed by atoms with Gasteiger partial charge in [0.25, 0.3) is 0 Å². The van der Waals surface area contributed by atoms with E-state index in [1.165, 1.54) is 6.07 Å².